The van der Waals surface area contributed by atoms with Crippen molar-refractivity contribution in [3.63, 3.8) is 0 Å². The molecule has 1 saturated heterocycles. The van der Waals surface area contributed by atoms with Crippen LogP contribution in [0.1, 0.15) is 39.0 Å². The van der Waals surface area contributed by atoms with Gasteiger partial charge in [-0.1, -0.05) is 26.2 Å². The van der Waals surface area contributed by atoms with Crippen molar-refractivity contribution in [2.75, 3.05) is 26.8 Å². The van der Waals surface area contributed by atoms with E-state index in [0.717, 1.165) is 19.7 Å². The molecule has 16 heavy (non-hydrogen) atoms. The van der Waals surface area contributed by atoms with Gasteiger partial charge < -0.3 is 14.8 Å². The molecule has 0 amide bonds. The fraction of sp³-hybridized carbons (Fsp3) is 1.00. The molecule has 2 fully saturated rings. The molecule has 3 heteroatoms. The molecule has 0 bridgehead atoms. The van der Waals surface area contributed by atoms with Gasteiger partial charge in [0.1, 0.15) is 0 Å². The number of hydrogen-bond donors (Lipinski definition) is 1. The molecule has 2 atom stereocenters. The largest absolute Gasteiger partial charge is 0.384 e. The van der Waals surface area contributed by atoms with Gasteiger partial charge in [0.25, 0.3) is 0 Å². The first-order chi connectivity index (χ1) is 7.76. The highest BCUT2D eigenvalue weighted by atomic mass is 16.5. The van der Waals surface area contributed by atoms with Crippen LogP contribution in [0.5, 0.6) is 0 Å². The Balaban J connectivity index is 1.92. The van der Waals surface area contributed by atoms with Gasteiger partial charge in [0, 0.05) is 26.1 Å². The van der Waals surface area contributed by atoms with Crippen LogP contribution in [0, 0.1) is 5.92 Å². The number of hydrogen-bond acceptors (Lipinski definition) is 3. The zero-order valence-corrected chi connectivity index (χ0v) is 10.6. The van der Waals surface area contributed by atoms with Crippen molar-refractivity contribution in [3.05, 3.63) is 0 Å². The van der Waals surface area contributed by atoms with Gasteiger partial charge >= 0.3 is 0 Å². The van der Waals surface area contributed by atoms with Crippen LogP contribution in [-0.4, -0.2) is 38.5 Å². The number of morpholine rings is 1. The first kappa shape index (κ1) is 12.3. The van der Waals surface area contributed by atoms with Crippen LogP contribution >= 0.6 is 0 Å². The molecule has 1 spiro atoms. The fourth-order valence-electron chi connectivity index (χ4n) is 3.02. The highest BCUT2D eigenvalue weighted by Crippen LogP contribution is 2.35. The standard InChI is InChI=1S/C13H25NO2/c1-11(9-15-2)12-8-14-10-13(16-12)6-4-3-5-7-13/h11-12,14H,3-10H2,1-2H3. The normalized spacial score (nSPS) is 31.5. The zero-order chi connectivity index (χ0) is 11.4. The Morgan fingerprint density at radius 3 is 2.81 bits per heavy atom. The Kier molecular flexibility index (Phi) is 4.22. The third-order valence-corrected chi connectivity index (χ3v) is 4.02. The van der Waals surface area contributed by atoms with E-state index in [0.29, 0.717) is 12.0 Å². The molecule has 94 valence electrons. The quantitative estimate of drug-likeness (QED) is 0.799. The molecular formula is C13H25NO2. The summed E-state index contributed by atoms with van der Waals surface area (Å²) in [6, 6.07) is 0. The van der Waals surface area contributed by atoms with Crippen LogP contribution in [0.3, 0.4) is 0 Å². The predicted octanol–water partition coefficient (Wildman–Crippen LogP) is 1.96. The van der Waals surface area contributed by atoms with Crippen molar-refractivity contribution in [3.8, 4) is 0 Å². The first-order valence-electron chi connectivity index (χ1n) is 6.63. The van der Waals surface area contributed by atoms with Gasteiger partial charge in [-0.05, 0) is 12.8 Å². The summed E-state index contributed by atoms with van der Waals surface area (Å²) in [6.07, 6.45) is 6.82. The summed E-state index contributed by atoms with van der Waals surface area (Å²) in [5.74, 6) is 0.483. The minimum absolute atomic E-state index is 0.142. The van der Waals surface area contributed by atoms with Gasteiger partial charge in [-0.15, -0.1) is 0 Å². The Morgan fingerprint density at radius 2 is 2.12 bits per heavy atom. The summed E-state index contributed by atoms with van der Waals surface area (Å²) < 4.78 is 11.6. The molecule has 2 aliphatic rings. The summed E-state index contributed by atoms with van der Waals surface area (Å²) in [6.45, 7) is 5.04. The summed E-state index contributed by atoms with van der Waals surface area (Å²) >= 11 is 0. The fourth-order valence-corrected chi connectivity index (χ4v) is 3.02. The SMILES string of the molecule is COCC(C)C1CNCC2(CCCCC2)O1. The second kappa shape index (κ2) is 5.48. The first-order valence-corrected chi connectivity index (χ1v) is 6.63. The van der Waals surface area contributed by atoms with E-state index in [9.17, 15) is 0 Å². The molecule has 0 aromatic heterocycles. The summed E-state index contributed by atoms with van der Waals surface area (Å²) in [5.41, 5.74) is 0.142. The molecule has 0 radical (unpaired) electrons. The molecule has 0 aromatic rings. The maximum atomic E-state index is 6.39. The van der Waals surface area contributed by atoms with Crippen molar-refractivity contribution in [1.29, 1.82) is 0 Å². The minimum atomic E-state index is 0.142. The molecule has 2 unspecified atom stereocenters. The Hall–Kier alpha value is -0.120. The van der Waals surface area contributed by atoms with E-state index in [1.54, 1.807) is 7.11 Å². The molecule has 1 N–H and O–H groups in total. The minimum Gasteiger partial charge on any atom is -0.384 e. The van der Waals surface area contributed by atoms with E-state index >= 15 is 0 Å². The lowest BCUT2D eigenvalue weighted by molar-refractivity contribution is -0.154. The molecular weight excluding hydrogens is 202 g/mol. The van der Waals surface area contributed by atoms with Crippen LogP contribution in [-0.2, 0) is 9.47 Å². The third kappa shape index (κ3) is 2.76. The van der Waals surface area contributed by atoms with Crippen LogP contribution in [0.25, 0.3) is 0 Å². The number of methoxy groups -OCH3 is 1. The van der Waals surface area contributed by atoms with Crippen molar-refractivity contribution in [1.82, 2.24) is 5.32 Å². The highest BCUT2D eigenvalue weighted by Gasteiger charge is 2.39. The topological polar surface area (TPSA) is 30.5 Å². The molecule has 3 nitrogen and oxygen atoms in total. The van der Waals surface area contributed by atoms with Crippen molar-refractivity contribution < 1.29 is 9.47 Å². The van der Waals surface area contributed by atoms with Gasteiger partial charge in [-0.3, -0.25) is 0 Å². The number of rotatable bonds is 3. The van der Waals surface area contributed by atoms with Crippen molar-refractivity contribution in [2.24, 2.45) is 5.92 Å². The Bertz CT molecular complexity index is 208. The van der Waals surface area contributed by atoms with E-state index in [1.165, 1.54) is 32.1 Å². The average Bonchev–Trinajstić information content (AvgIpc) is 2.30. The van der Waals surface area contributed by atoms with Crippen molar-refractivity contribution in [2.45, 2.75) is 50.7 Å². The lowest BCUT2D eigenvalue weighted by Crippen LogP contribution is -2.56. The second-order valence-electron chi connectivity index (χ2n) is 5.46. The van der Waals surface area contributed by atoms with Gasteiger partial charge in [-0.2, -0.15) is 0 Å². The lowest BCUT2D eigenvalue weighted by Gasteiger charge is -2.45. The Labute approximate surface area is 98.9 Å². The van der Waals surface area contributed by atoms with E-state index in [1.807, 2.05) is 0 Å². The average molecular weight is 227 g/mol. The van der Waals surface area contributed by atoms with Crippen LogP contribution in [0.2, 0.25) is 0 Å². The maximum Gasteiger partial charge on any atom is 0.0810 e. The van der Waals surface area contributed by atoms with E-state index < -0.39 is 0 Å². The van der Waals surface area contributed by atoms with E-state index in [-0.39, 0.29) is 5.60 Å². The number of ether oxygens (including phenoxy) is 2. The lowest BCUT2D eigenvalue weighted by atomic mass is 9.83. The number of nitrogens with one attached hydrogen (secondary N) is 1. The predicted molar refractivity (Wildman–Crippen MR) is 64.6 cm³/mol. The van der Waals surface area contributed by atoms with Gasteiger partial charge in [0.05, 0.1) is 18.3 Å². The third-order valence-electron chi connectivity index (χ3n) is 4.02. The van der Waals surface area contributed by atoms with Crippen LogP contribution in [0.4, 0.5) is 0 Å². The highest BCUT2D eigenvalue weighted by molar-refractivity contribution is 4.92. The van der Waals surface area contributed by atoms with Gasteiger partial charge in [0.2, 0.25) is 0 Å². The molecule has 1 saturated carbocycles. The second-order valence-corrected chi connectivity index (χ2v) is 5.46. The Morgan fingerprint density at radius 1 is 1.38 bits per heavy atom. The van der Waals surface area contributed by atoms with Crippen LogP contribution in [0.15, 0.2) is 0 Å². The van der Waals surface area contributed by atoms with E-state index in [4.69, 9.17) is 9.47 Å². The maximum absolute atomic E-state index is 6.39. The molecule has 1 aliphatic heterocycles. The van der Waals surface area contributed by atoms with Crippen molar-refractivity contribution >= 4 is 0 Å². The molecule has 2 rings (SSSR count). The molecule has 0 aromatic carbocycles. The smallest absolute Gasteiger partial charge is 0.0810 e. The van der Waals surface area contributed by atoms with E-state index in [2.05, 4.69) is 12.2 Å². The summed E-state index contributed by atoms with van der Waals surface area (Å²) in [4.78, 5) is 0. The van der Waals surface area contributed by atoms with Crippen LogP contribution < -0.4 is 5.32 Å². The van der Waals surface area contributed by atoms with Gasteiger partial charge in [-0.25, -0.2) is 0 Å². The van der Waals surface area contributed by atoms with Gasteiger partial charge in [0.15, 0.2) is 0 Å². The molecule has 1 heterocycles. The monoisotopic (exact) mass is 227 g/mol. The summed E-state index contributed by atoms with van der Waals surface area (Å²) in [7, 11) is 1.77. The zero-order valence-electron chi connectivity index (χ0n) is 10.6. The molecule has 1 aliphatic carbocycles. The summed E-state index contributed by atoms with van der Waals surface area (Å²) in [5, 5.41) is 3.55.